The first-order valence-corrected chi connectivity index (χ1v) is 9.91. The molecule has 25 heavy (non-hydrogen) atoms. The minimum Gasteiger partial charge on any atom is -0.381 e. The molecule has 2 aliphatic heterocycles. The van der Waals surface area contributed by atoms with E-state index in [1.54, 1.807) is 0 Å². The molecule has 0 aromatic rings. The quantitative estimate of drug-likeness (QED) is 0.271. The molecule has 0 bridgehead atoms. The molecule has 0 radical (unpaired) electrons. The Morgan fingerprint density at radius 2 is 2.04 bits per heavy atom. The molecule has 148 valence electrons. The highest BCUT2D eigenvalue weighted by atomic mass is 127. The number of hydrogen-bond donors (Lipinski definition) is 1. The lowest BCUT2D eigenvalue weighted by molar-refractivity contribution is 0.0625. The van der Waals surface area contributed by atoms with Crippen LogP contribution in [-0.2, 0) is 4.74 Å². The molecule has 2 rings (SSSR count). The fraction of sp³-hybridized carbons (Fsp3) is 0.947. The zero-order chi connectivity index (χ0) is 17.2. The number of hydrogen-bond acceptors (Lipinski definition) is 3. The molecule has 0 aromatic carbocycles. The van der Waals surface area contributed by atoms with Gasteiger partial charge < -0.3 is 19.9 Å². The van der Waals surface area contributed by atoms with Crippen LogP contribution in [0.15, 0.2) is 4.99 Å². The van der Waals surface area contributed by atoms with Gasteiger partial charge in [-0.2, -0.15) is 0 Å². The third-order valence-electron chi connectivity index (χ3n) is 5.46. The molecule has 2 aliphatic rings. The van der Waals surface area contributed by atoms with E-state index in [1.807, 2.05) is 7.05 Å². The highest BCUT2D eigenvalue weighted by molar-refractivity contribution is 14.0. The largest absolute Gasteiger partial charge is 0.381 e. The van der Waals surface area contributed by atoms with Crippen LogP contribution in [0.3, 0.4) is 0 Å². The van der Waals surface area contributed by atoms with E-state index in [-0.39, 0.29) is 24.0 Å². The fourth-order valence-corrected chi connectivity index (χ4v) is 3.89. The third-order valence-corrected chi connectivity index (χ3v) is 5.46. The number of guanidine groups is 1. The maximum atomic E-state index is 5.44. The highest BCUT2D eigenvalue weighted by Gasteiger charge is 2.16. The Morgan fingerprint density at radius 1 is 1.28 bits per heavy atom. The molecule has 5 nitrogen and oxygen atoms in total. The van der Waals surface area contributed by atoms with Crippen molar-refractivity contribution >= 4 is 29.9 Å². The van der Waals surface area contributed by atoms with Crippen molar-refractivity contribution in [2.75, 3.05) is 60.0 Å². The fourth-order valence-electron chi connectivity index (χ4n) is 3.89. The summed E-state index contributed by atoms with van der Waals surface area (Å²) >= 11 is 0. The lowest BCUT2D eigenvalue weighted by atomic mass is 9.96. The second-order valence-electron chi connectivity index (χ2n) is 7.64. The first-order chi connectivity index (χ1) is 11.7. The maximum absolute atomic E-state index is 5.44. The molecule has 2 heterocycles. The lowest BCUT2D eigenvalue weighted by Crippen LogP contribution is -2.41. The second kappa shape index (κ2) is 13.1. The van der Waals surface area contributed by atoms with Gasteiger partial charge in [-0.1, -0.05) is 6.92 Å². The molecule has 1 unspecified atom stereocenters. The molecule has 0 spiro atoms. The standard InChI is InChI=1S/C19H38N4O.HI/c1-17-6-4-11-23(16-17)12-5-10-21-19(20-2)22(3)13-7-18-8-14-24-15-9-18;/h17-18H,4-16H2,1-3H3,(H,20,21);1H. The molecule has 0 amide bonds. The summed E-state index contributed by atoms with van der Waals surface area (Å²) in [6.45, 7) is 10.1. The highest BCUT2D eigenvalue weighted by Crippen LogP contribution is 2.18. The Kier molecular flexibility index (Phi) is 12.1. The molecular weight excluding hydrogens is 427 g/mol. The van der Waals surface area contributed by atoms with E-state index < -0.39 is 0 Å². The Bertz CT molecular complexity index is 374. The summed E-state index contributed by atoms with van der Waals surface area (Å²) < 4.78 is 5.44. The van der Waals surface area contributed by atoms with Crippen LogP contribution in [0.1, 0.15) is 45.4 Å². The Morgan fingerprint density at radius 3 is 2.72 bits per heavy atom. The van der Waals surface area contributed by atoms with Crippen molar-refractivity contribution < 1.29 is 4.74 Å². The van der Waals surface area contributed by atoms with Gasteiger partial charge in [0.05, 0.1) is 0 Å². The van der Waals surface area contributed by atoms with Crippen molar-refractivity contribution in [3.63, 3.8) is 0 Å². The Labute approximate surface area is 172 Å². The molecule has 0 aromatic heterocycles. The van der Waals surface area contributed by atoms with Crippen molar-refractivity contribution in [1.82, 2.24) is 15.1 Å². The minimum atomic E-state index is 0. The molecule has 6 heteroatoms. The number of halogens is 1. The van der Waals surface area contributed by atoms with Crippen LogP contribution in [0.5, 0.6) is 0 Å². The summed E-state index contributed by atoms with van der Waals surface area (Å²) in [7, 11) is 4.04. The lowest BCUT2D eigenvalue weighted by Gasteiger charge is -2.31. The molecule has 2 fully saturated rings. The Balaban J connectivity index is 0.00000312. The molecular formula is C19H39IN4O. The molecule has 2 saturated heterocycles. The van der Waals surface area contributed by atoms with E-state index >= 15 is 0 Å². The van der Waals surface area contributed by atoms with Crippen LogP contribution in [-0.4, -0.2) is 75.8 Å². The molecule has 1 atom stereocenters. The van der Waals surface area contributed by atoms with Crippen molar-refractivity contribution in [1.29, 1.82) is 0 Å². The van der Waals surface area contributed by atoms with Crippen molar-refractivity contribution in [3.05, 3.63) is 0 Å². The van der Waals surface area contributed by atoms with Crippen molar-refractivity contribution in [3.8, 4) is 0 Å². The van der Waals surface area contributed by atoms with Gasteiger partial charge in [0.15, 0.2) is 5.96 Å². The first kappa shape index (κ1) is 23.0. The van der Waals surface area contributed by atoms with Crippen LogP contribution in [0, 0.1) is 11.8 Å². The second-order valence-corrected chi connectivity index (χ2v) is 7.64. The topological polar surface area (TPSA) is 40.1 Å². The smallest absolute Gasteiger partial charge is 0.193 e. The predicted octanol–water partition coefficient (Wildman–Crippen LogP) is 3.05. The van der Waals surface area contributed by atoms with Gasteiger partial charge in [-0.05, 0) is 63.5 Å². The van der Waals surface area contributed by atoms with Gasteiger partial charge in [-0.15, -0.1) is 24.0 Å². The van der Waals surface area contributed by atoms with Gasteiger partial charge in [0.25, 0.3) is 0 Å². The number of nitrogens with one attached hydrogen (secondary N) is 1. The van der Waals surface area contributed by atoms with Crippen LogP contribution in [0.4, 0.5) is 0 Å². The number of likely N-dealkylation sites (tertiary alicyclic amines) is 1. The minimum absolute atomic E-state index is 0. The molecule has 1 N–H and O–H groups in total. The summed E-state index contributed by atoms with van der Waals surface area (Å²) in [5.74, 6) is 2.73. The van der Waals surface area contributed by atoms with E-state index in [2.05, 4.69) is 34.1 Å². The average Bonchev–Trinajstić information content (AvgIpc) is 2.61. The first-order valence-electron chi connectivity index (χ1n) is 9.91. The number of nitrogens with zero attached hydrogens (tertiary/aromatic N) is 3. The molecule has 0 saturated carbocycles. The summed E-state index contributed by atoms with van der Waals surface area (Å²) in [6.07, 6.45) is 7.64. The number of ether oxygens (including phenoxy) is 1. The van der Waals surface area contributed by atoms with E-state index in [1.165, 1.54) is 58.2 Å². The van der Waals surface area contributed by atoms with Gasteiger partial charge >= 0.3 is 0 Å². The average molecular weight is 466 g/mol. The maximum Gasteiger partial charge on any atom is 0.193 e. The third kappa shape index (κ3) is 8.91. The molecule has 0 aliphatic carbocycles. The number of aliphatic imine (C=N–C) groups is 1. The monoisotopic (exact) mass is 466 g/mol. The van der Waals surface area contributed by atoms with Gasteiger partial charge in [0.2, 0.25) is 0 Å². The number of rotatable bonds is 7. The van der Waals surface area contributed by atoms with E-state index in [4.69, 9.17) is 4.74 Å². The van der Waals surface area contributed by atoms with Gasteiger partial charge in [-0.25, -0.2) is 0 Å². The van der Waals surface area contributed by atoms with E-state index in [0.29, 0.717) is 0 Å². The zero-order valence-electron chi connectivity index (χ0n) is 16.5. The van der Waals surface area contributed by atoms with Crippen molar-refractivity contribution in [2.45, 2.75) is 45.4 Å². The van der Waals surface area contributed by atoms with Crippen molar-refractivity contribution in [2.24, 2.45) is 16.8 Å². The number of piperidine rings is 1. The summed E-state index contributed by atoms with van der Waals surface area (Å²) in [5, 5.41) is 3.53. The Hall–Kier alpha value is -0.0800. The normalized spacial score (nSPS) is 23.2. The van der Waals surface area contributed by atoms with Gasteiger partial charge in [0.1, 0.15) is 0 Å². The zero-order valence-corrected chi connectivity index (χ0v) is 18.8. The van der Waals surface area contributed by atoms with E-state index in [0.717, 1.165) is 44.1 Å². The van der Waals surface area contributed by atoms with Crippen LogP contribution in [0.2, 0.25) is 0 Å². The van der Waals surface area contributed by atoms with Crippen LogP contribution in [0.25, 0.3) is 0 Å². The van der Waals surface area contributed by atoms with Crippen LogP contribution >= 0.6 is 24.0 Å². The van der Waals surface area contributed by atoms with Gasteiger partial charge in [0, 0.05) is 46.9 Å². The summed E-state index contributed by atoms with van der Waals surface area (Å²) in [5.41, 5.74) is 0. The SMILES string of the molecule is CN=C(NCCCN1CCCC(C)C1)N(C)CCC1CCOCC1.I. The van der Waals surface area contributed by atoms with E-state index in [9.17, 15) is 0 Å². The summed E-state index contributed by atoms with van der Waals surface area (Å²) in [6, 6.07) is 0. The van der Waals surface area contributed by atoms with Crippen LogP contribution < -0.4 is 5.32 Å². The predicted molar refractivity (Wildman–Crippen MR) is 117 cm³/mol. The summed E-state index contributed by atoms with van der Waals surface area (Å²) in [4.78, 5) is 9.34. The van der Waals surface area contributed by atoms with Gasteiger partial charge in [-0.3, -0.25) is 4.99 Å².